The monoisotopic (exact) mass is 937 g/mol. The predicted molar refractivity (Wildman–Crippen MR) is 269 cm³/mol. The van der Waals surface area contributed by atoms with Crippen LogP contribution in [0.5, 0.6) is 0 Å². The third-order valence-electron chi connectivity index (χ3n) is 26.1. The van der Waals surface area contributed by atoms with E-state index in [1.165, 1.54) is 38.5 Å². The fraction of sp³-hybridized carbons (Fsp3) is 1.00. The summed E-state index contributed by atoms with van der Waals surface area (Å²) in [5.74, 6) is 2.83. The lowest BCUT2D eigenvalue weighted by Gasteiger charge is -2.71. The van der Waals surface area contributed by atoms with Crippen LogP contribution in [0.15, 0.2) is 0 Å². The van der Waals surface area contributed by atoms with Gasteiger partial charge in [-0.1, -0.05) is 69.2 Å². The topological polar surface area (TPSA) is 120 Å². The van der Waals surface area contributed by atoms with Crippen molar-refractivity contribution >= 4 is 0 Å². The van der Waals surface area contributed by atoms with Gasteiger partial charge < -0.3 is 35.0 Å². The average molecular weight is 937 g/mol. The molecule has 0 spiro atoms. The van der Waals surface area contributed by atoms with Crippen LogP contribution in [0.25, 0.3) is 0 Å². The lowest BCUT2D eigenvalue weighted by molar-refractivity contribution is -0.279. The molecule has 0 bridgehead atoms. The molecule has 10 aliphatic rings. The lowest BCUT2D eigenvalue weighted by atomic mass is 9.34. The molecule has 0 unspecified atom stereocenters. The number of hydrogen-bond donors (Lipinski definition) is 5. The fourth-order valence-electron chi connectivity index (χ4n) is 22.8. The molecule has 8 aliphatic carbocycles. The van der Waals surface area contributed by atoms with E-state index < -0.39 is 6.10 Å². The van der Waals surface area contributed by atoms with Crippen molar-refractivity contribution in [2.45, 2.75) is 286 Å². The summed E-state index contributed by atoms with van der Waals surface area (Å²) in [5, 5.41) is 57.4. The Hall–Kier alpha value is -0.280. The first-order valence-corrected chi connectivity index (χ1v) is 28.4. The molecular formula is C60H104O7. The van der Waals surface area contributed by atoms with Crippen LogP contribution in [0.1, 0.15) is 233 Å². The van der Waals surface area contributed by atoms with Gasteiger partial charge in [0.1, 0.15) is 0 Å². The highest BCUT2D eigenvalue weighted by Gasteiger charge is 2.75. The van der Waals surface area contributed by atoms with E-state index in [2.05, 4.69) is 111 Å². The van der Waals surface area contributed by atoms with Crippen molar-refractivity contribution in [3.8, 4) is 0 Å². The molecule has 2 aliphatic heterocycles. The van der Waals surface area contributed by atoms with Gasteiger partial charge in [-0.3, -0.25) is 0 Å². The van der Waals surface area contributed by atoms with Gasteiger partial charge in [0, 0.05) is 0 Å². The summed E-state index contributed by atoms with van der Waals surface area (Å²) in [6, 6.07) is 0. The molecule has 0 aromatic heterocycles. The summed E-state index contributed by atoms with van der Waals surface area (Å²) in [5.41, 5.74) is -0.348. The van der Waals surface area contributed by atoms with Crippen LogP contribution >= 0.6 is 0 Å². The van der Waals surface area contributed by atoms with Gasteiger partial charge in [0.15, 0.2) is 0 Å². The Morgan fingerprint density at radius 2 is 0.791 bits per heavy atom. The minimum Gasteiger partial charge on any atom is -0.393 e. The molecule has 10 rings (SSSR count). The molecule has 7 nitrogen and oxygen atoms in total. The molecule has 2 heterocycles. The SMILES string of the molecule is CC1(C)CCC[C@](C)([C@H]2CC[C@]3(C)[C@@H]2[C@H](O)C[C@@H]2[C@@]4(C)CC[C@H](O)C(C)(C)[C@@H]4CC[C@]23C)O1.CC1(C)CCC[C@](C)([C@H]2CC[C@]3(C)[C@@H]2[C@H](O)C[C@@H]2[C@@]4(C)CC[C@H](O)C(C)(C)[C@@H]4[C@@H](O)C[C@]23C)O1. The molecule has 8 saturated carbocycles. The zero-order chi connectivity index (χ0) is 49.4. The zero-order valence-corrected chi connectivity index (χ0v) is 46.0. The van der Waals surface area contributed by atoms with Gasteiger partial charge >= 0.3 is 0 Å². The molecule has 2 saturated heterocycles. The van der Waals surface area contributed by atoms with Crippen molar-refractivity contribution in [3.63, 3.8) is 0 Å². The summed E-state index contributed by atoms with van der Waals surface area (Å²) in [6.07, 6.45) is 18.7. The summed E-state index contributed by atoms with van der Waals surface area (Å²) in [7, 11) is 0. The van der Waals surface area contributed by atoms with Crippen LogP contribution in [0, 0.1) is 90.7 Å². The Morgan fingerprint density at radius 3 is 1.27 bits per heavy atom. The van der Waals surface area contributed by atoms with E-state index in [1.807, 2.05) is 0 Å². The van der Waals surface area contributed by atoms with Crippen LogP contribution in [0.3, 0.4) is 0 Å². The van der Waals surface area contributed by atoms with Crippen LogP contribution in [0.2, 0.25) is 0 Å². The number of rotatable bonds is 2. The molecule has 21 atom stereocenters. The Kier molecular flexibility index (Phi) is 12.2. The highest BCUT2D eigenvalue weighted by molar-refractivity contribution is 5.23. The average Bonchev–Trinajstić information content (AvgIpc) is 3.78. The second-order valence-electron chi connectivity index (χ2n) is 30.9. The van der Waals surface area contributed by atoms with Crippen molar-refractivity contribution in [2.24, 2.45) is 90.7 Å². The van der Waals surface area contributed by atoms with E-state index in [0.717, 1.165) is 83.5 Å². The van der Waals surface area contributed by atoms with E-state index in [1.54, 1.807) is 0 Å². The normalized spacial score (nSPS) is 58.1. The minimum absolute atomic E-state index is 0.0247. The molecule has 7 heteroatoms. The van der Waals surface area contributed by atoms with Crippen LogP contribution in [-0.2, 0) is 9.47 Å². The van der Waals surface area contributed by atoms with Gasteiger partial charge in [-0.2, -0.15) is 0 Å². The third-order valence-corrected chi connectivity index (χ3v) is 26.1. The predicted octanol–water partition coefficient (Wildman–Crippen LogP) is 12.5. The highest BCUT2D eigenvalue weighted by atomic mass is 16.5. The van der Waals surface area contributed by atoms with Crippen LogP contribution in [-0.4, -0.2) is 78.5 Å². The first-order valence-electron chi connectivity index (χ1n) is 28.4. The van der Waals surface area contributed by atoms with E-state index in [4.69, 9.17) is 9.47 Å². The Labute approximate surface area is 409 Å². The van der Waals surface area contributed by atoms with E-state index in [-0.39, 0.29) is 102 Å². The number of fused-ring (bicyclic) bond motifs is 10. The fourth-order valence-corrected chi connectivity index (χ4v) is 22.8. The molecule has 386 valence electrons. The standard InChI is InChI=1S/C30H52O4.C30H52O3/c1-25(2)12-9-13-30(8,34-25)18-10-15-28(6)23(18)19(31)16-21-27(5)14-11-22(33)26(3,4)24(27)20(32)17-29(21,28)7;1-25(2)13-9-14-30(8,33-25)19-10-16-29(7)24(19)20(31)18-22-27(5)15-12-23(32)26(3,4)21(27)11-17-28(22,29)6/h18-24,31-33H,9-17H2,1-8H3;19-24,31-32H,9-18H2,1-8H3/t18-,19+,20-,21+,22-,23-,24-,27+,28+,29+,30+;19-,20+,21-,22+,23-,24-,27-,28+,29+,30+/m00/s1. The maximum absolute atomic E-state index is 11.9. The maximum atomic E-state index is 11.9. The Balaban J connectivity index is 0.000000168. The lowest BCUT2D eigenvalue weighted by Crippen LogP contribution is -2.70. The molecule has 67 heavy (non-hydrogen) atoms. The van der Waals surface area contributed by atoms with Gasteiger partial charge in [0.05, 0.1) is 52.9 Å². The van der Waals surface area contributed by atoms with Crippen LogP contribution < -0.4 is 0 Å². The zero-order valence-electron chi connectivity index (χ0n) is 46.0. The second kappa shape index (κ2) is 15.9. The van der Waals surface area contributed by atoms with E-state index >= 15 is 0 Å². The summed E-state index contributed by atoms with van der Waals surface area (Å²) < 4.78 is 13.7. The molecule has 0 aromatic rings. The minimum atomic E-state index is -0.414. The van der Waals surface area contributed by atoms with Crippen molar-refractivity contribution < 1.29 is 35.0 Å². The first-order chi connectivity index (χ1) is 30.6. The molecule has 0 aromatic carbocycles. The van der Waals surface area contributed by atoms with Crippen molar-refractivity contribution in [3.05, 3.63) is 0 Å². The third kappa shape index (κ3) is 7.18. The van der Waals surface area contributed by atoms with Crippen LogP contribution in [0.4, 0.5) is 0 Å². The number of ether oxygens (including phenoxy) is 2. The Bertz CT molecular complexity index is 1880. The molecule has 0 radical (unpaired) electrons. The quantitative estimate of drug-likeness (QED) is 0.187. The van der Waals surface area contributed by atoms with E-state index in [0.29, 0.717) is 35.5 Å². The van der Waals surface area contributed by atoms with Gasteiger partial charge in [0.25, 0.3) is 0 Å². The first kappa shape index (κ1) is 51.6. The highest BCUT2D eigenvalue weighted by Crippen LogP contribution is 2.78. The second-order valence-corrected chi connectivity index (χ2v) is 30.9. The maximum Gasteiger partial charge on any atom is 0.0693 e. The van der Waals surface area contributed by atoms with Gasteiger partial charge in [0.2, 0.25) is 0 Å². The molecule has 10 fully saturated rings. The van der Waals surface area contributed by atoms with Gasteiger partial charge in [-0.25, -0.2) is 0 Å². The largest absolute Gasteiger partial charge is 0.393 e. The number of hydrogen-bond acceptors (Lipinski definition) is 7. The summed E-state index contributed by atoms with van der Waals surface area (Å²) in [4.78, 5) is 0. The molecule has 0 amide bonds. The van der Waals surface area contributed by atoms with E-state index in [9.17, 15) is 25.5 Å². The van der Waals surface area contributed by atoms with Crippen molar-refractivity contribution in [1.29, 1.82) is 0 Å². The Morgan fingerprint density at radius 1 is 0.373 bits per heavy atom. The molecular weight excluding hydrogens is 833 g/mol. The molecule has 5 N–H and O–H groups in total. The smallest absolute Gasteiger partial charge is 0.0693 e. The number of aliphatic hydroxyl groups is 5. The van der Waals surface area contributed by atoms with Gasteiger partial charge in [-0.05, 0) is 254 Å². The van der Waals surface area contributed by atoms with Crippen molar-refractivity contribution in [1.82, 2.24) is 0 Å². The number of aliphatic hydroxyl groups excluding tert-OH is 5. The summed E-state index contributed by atoms with van der Waals surface area (Å²) in [6.45, 7) is 37.6. The summed E-state index contributed by atoms with van der Waals surface area (Å²) >= 11 is 0. The van der Waals surface area contributed by atoms with Crippen molar-refractivity contribution in [2.75, 3.05) is 0 Å². The van der Waals surface area contributed by atoms with Gasteiger partial charge in [-0.15, -0.1) is 0 Å².